The summed E-state index contributed by atoms with van der Waals surface area (Å²) in [5, 5.41) is 18.0. The molecule has 0 aromatic rings. The molecule has 0 saturated carbocycles. The quantitative estimate of drug-likeness (QED) is 0.277. The van der Waals surface area contributed by atoms with Gasteiger partial charge < -0.3 is 19.7 Å². The van der Waals surface area contributed by atoms with Gasteiger partial charge in [0.1, 0.15) is 0 Å². The Kier molecular flexibility index (Phi) is 12.3. The summed E-state index contributed by atoms with van der Waals surface area (Å²) >= 11 is 0. The third-order valence-corrected chi connectivity index (χ3v) is 6.35. The van der Waals surface area contributed by atoms with Crippen LogP contribution < -0.4 is 0 Å². The SMILES string of the molecule is CCC(CC(=O)O)CC(C)(C(=O)OC)C(CC)(CCCCCCC(=O)O)C(=O)OC. The topological polar surface area (TPSA) is 127 Å². The van der Waals surface area contributed by atoms with Crippen molar-refractivity contribution in [3.8, 4) is 0 Å². The summed E-state index contributed by atoms with van der Waals surface area (Å²) in [6.07, 6.45) is 4.06. The van der Waals surface area contributed by atoms with Gasteiger partial charge in [-0.05, 0) is 38.5 Å². The van der Waals surface area contributed by atoms with Crippen LogP contribution in [0.5, 0.6) is 0 Å². The number of carboxylic acids is 2. The number of carbonyl (C=O) groups excluding carboxylic acids is 2. The molecule has 0 radical (unpaired) electrons. The Labute approximate surface area is 179 Å². The van der Waals surface area contributed by atoms with Crippen molar-refractivity contribution in [2.75, 3.05) is 14.2 Å². The van der Waals surface area contributed by atoms with Crippen molar-refractivity contribution in [1.82, 2.24) is 0 Å². The van der Waals surface area contributed by atoms with Crippen molar-refractivity contribution < 1.29 is 38.9 Å². The molecule has 0 aliphatic rings. The Balaban J connectivity index is 5.82. The van der Waals surface area contributed by atoms with E-state index < -0.39 is 34.7 Å². The number of hydrogen-bond acceptors (Lipinski definition) is 6. The molecular formula is C22H38O8. The first-order valence-corrected chi connectivity index (χ1v) is 10.6. The van der Waals surface area contributed by atoms with Crippen molar-refractivity contribution >= 4 is 23.9 Å². The van der Waals surface area contributed by atoms with Crippen LogP contribution in [0.1, 0.15) is 85.0 Å². The molecule has 174 valence electrons. The Morgan fingerprint density at radius 1 is 0.867 bits per heavy atom. The highest BCUT2D eigenvalue weighted by molar-refractivity contribution is 5.88. The Hall–Kier alpha value is -2.12. The molecule has 2 N–H and O–H groups in total. The fourth-order valence-electron chi connectivity index (χ4n) is 4.45. The van der Waals surface area contributed by atoms with Gasteiger partial charge in [0.25, 0.3) is 0 Å². The molecule has 0 spiro atoms. The lowest BCUT2D eigenvalue weighted by Gasteiger charge is -2.45. The summed E-state index contributed by atoms with van der Waals surface area (Å²) in [6.45, 7) is 5.36. The lowest BCUT2D eigenvalue weighted by Crippen LogP contribution is -2.52. The van der Waals surface area contributed by atoms with Crippen LogP contribution in [-0.2, 0) is 28.7 Å². The summed E-state index contributed by atoms with van der Waals surface area (Å²) in [5.41, 5.74) is -2.41. The minimum atomic E-state index is -1.25. The molecule has 0 aromatic carbocycles. The molecule has 0 heterocycles. The number of ether oxygens (including phenoxy) is 2. The third-order valence-electron chi connectivity index (χ3n) is 6.35. The highest BCUT2D eigenvalue weighted by atomic mass is 16.5. The molecule has 30 heavy (non-hydrogen) atoms. The largest absolute Gasteiger partial charge is 0.481 e. The van der Waals surface area contributed by atoms with E-state index in [1.807, 2.05) is 13.8 Å². The van der Waals surface area contributed by atoms with Gasteiger partial charge in [0.15, 0.2) is 0 Å². The monoisotopic (exact) mass is 430 g/mol. The van der Waals surface area contributed by atoms with Gasteiger partial charge in [-0.2, -0.15) is 0 Å². The van der Waals surface area contributed by atoms with E-state index in [4.69, 9.17) is 14.6 Å². The summed E-state index contributed by atoms with van der Waals surface area (Å²) in [6, 6.07) is 0. The first-order chi connectivity index (χ1) is 14.0. The summed E-state index contributed by atoms with van der Waals surface area (Å²) in [7, 11) is 2.55. The maximum atomic E-state index is 13.0. The van der Waals surface area contributed by atoms with Crippen LogP contribution >= 0.6 is 0 Å². The summed E-state index contributed by atoms with van der Waals surface area (Å²) in [5.74, 6) is -3.14. The number of unbranched alkanes of at least 4 members (excludes halogenated alkanes) is 3. The molecule has 0 fully saturated rings. The number of rotatable bonds is 16. The Bertz CT molecular complexity index is 588. The van der Waals surface area contributed by atoms with E-state index >= 15 is 0 Å². The van der Waals surface area contributed by atoms with Crippen LogP contribution in [0.4, 0.5) is 0 Å². The predicted molar refractivity (Wildman–Crippen MR) is 111 cm³/mol. The van der Waals surface area contributed by atoms with E-state index in [1.165, 1.54) is 14.2 Å². The standard InChI is InChI=1S/C22H38O8/c1-6-16(14-18(25)26)15-21(3,19(27)29-4)22(7-2,20(28)30-5)13-11-9-8-10-12-17(23)24/h16H,6-15H2,1-5H3,(H,23,24)(H,25,26). The molecule has 0 aromatic heterocycles. The van der Waals surface area contributed by atoms with Crippen molar-refractivity contribution in [3.63, 3.8) is 0 Å². The van der Waals surface area contributed by atoms with E-state index in [2.05, 4.69) is 0 Å². The molecular weight excluding hydrogens is 392 g/mol. The molecule has 0 bridgehead atoms. The highest BCUT2D eigenvalue weighted by Gasteiger charge is 2.58. The lowest BCUT2D eigenvalue weighted by atomic mass is 9.57. The van der Waals surface area contributed by atoms with Gasteiger partial charge in [-0.25, -0.2) is 0 Å². The maximum absolute atomic E-state index is 13.0. The molecule has 0 saturated heterocycles. The minimum absolute atomic E-state index is 0.0980. The van der Waals surface area contributed by atoms with E-state index in [1.54, 1.807) is 6.92 Å². The number of methoxy groups -OCH3 is 2. The van der Waals surface area contributed by atoms with Crippen LogP contribution in [0.25, 0.3) is 0 Å². The third kappa shape index (κ3) is 7.29. The summed E-state index contributed by atoms with van der Waals surface area (Å²) < 4.78 is 10.2. The van der Waals surface area contributed by atoms with Crippen molar-refractivity contribution in [3.05, 3.63) is 0 Å². The zero-order chi connectivity index (χ0) is 23.4. The van der Waals surface area contributed by atoms with Gasteiger partial charge in [-0.1, -0.05) is 39.5 Å². The highest BCUT2D eigenvalue weighted by Crippen LogP contribution is 2.52. The van der Waals surface area contributed by atoms with Crippen molar-refractivity contribution in [2.45, 2.75) is 85.0 Å². The van der Waals surface area contributed by atoms with Gasteiger partial charge in [-0.3, -0.25) is 19.2 Å². The second-order valence-corrected chi connectivity index (χ2v) is 8.14. The van der Waals surface area contributed by atoms with Crippen LogP contribution in [0, 0.1) is 16.7 Å². The van der Waals surface area contributed by atoms with Crippen molar-refractivity contribution in [1.29, 1.82) is 0 Å². The molecule has 3 atom stereocenters. The molecule has 8 nitrogen and oxygen atoms in total. The Morgan fingerprint density at radius 2 is 1.43 bits per heavy atom. The maximum Gasteiger partial charge on any atom is 0.312 e. The van der Waals surface area contributed by atoms with Gasteiger partial charge in [0.05, 0.1) is 25.0 Å². The van der Waals surface area contributed by atoms with Crippen LogP contribution in [0.15, 0.2) is 0 Å². The molecule has 8 heteroatoms. The van der Waals surface area contributed by atoms with E-state index in [0.29, 0.717) is 38.5 Å². The number of carbonyl (C=O) groups is 4. The fraction of sp³-hybridized carbons (Fsp3) is 0.818. The zero-order valence-corrected chi connectivity index (χ0v) is 19.0. The van der Waals surface area contributed by atoms with Gasteiger partial charge in [0, 0.05) is 12.8 Å². The smallest absolute Gasteiger partial charge is 0.312 e. The van der Waals surface area contributed by atoms with Crippen molar-refractivity contribution in [2.24, 2.45) is 16.7 Å². The van der Waals surface area contributed by atoms with E-state index in [-0.39, 0.29) is 25.2 Å². The predicted octanol–water partition coefficient (Wildman–Crippen LogP) is 4.05. The van der Waals surface area contributed by atoms with Crippen LogP contribution in [-0.4, -0.2) is 48.3 Å². The molecule has 3 unspecified atom stereocenters. The minimum Gasteiger partial charge on any atom is -0.481 e. The summed E-state index contributed by atoms with van der Waals surface area (Å²) in [4.78, 5) is 47.9. The fourth-order valence-corrected chi connectivity index (χ4v) is 4.45. The number of carboxylic acid groups (broad SMARTS) is 2. The van der Waals surface area contributed by atoms with Crippen LogP contribution in [0.2, 0.25) is 0 Å². The van der Waals surface area contributed by atoms with Crippen LogP contribution in [0.3, 0.4) is 0 Å². The Morgan fingerprint density at radius 3 is 1.87 bits per heavy atom. The molecule has 0 aliphatic carbocycles. The second kappa shape index (κ2) is 13.2. The average Bonchev–Trinajstić information content (AvgIpc) is 2.70. The molecule has 0 amide bonds. The van der Waals surface area contributed by atoms with Gasteiger partial charge in [-0.15, -0.1) is 0 Å². The van der Waals surface area contributed by atoms with Gasteiger partial charge in [0.2, 0.25) is 0 Å². The lowest BCUT2D eigenvalue weighted by molar-refractivity contribution is -0.181. The number of esters is 2. The normalized spacial score (nSPS) is 16.0. The molecule has 0 rings (SSSR count). The zero-order valence-electron chi connectivity index (χ0n) is 19.0. The number of hydrogen-bond donors (Lipinski definition) is 2. The van der Waals surface area contributed by atoms with E-state index in [9.17, 15) is 24.3 Å². The molecule has 0 aliphatic heterocycles. The average molecular weight is 431 g/mol. The number of aliphatic carboxylic acids is 2. The van der Waals surface area contributed by atoms with E-state index in [0.717, 1.165) is 6.42 Å². The first-order valence-electron chi connectivity index (χ1n) is 10.6. The second-order valence-electron chi connectivity index (χ2n) is 8.14. The first kappa shape index (κ1) is 27.9. The van der Waals surface area contributed by atoms with Gasteiger partial charge >= 0.3 is 23.9 Å².